The third-order valence-corrected chi connectivity index (χ3v) is 2.71. The van der Waals surface area contributed by atoms with E-state index in [-0.39, 0.29) is 11.6 Å². The van der Waals surface area contributed by atoms with Gasteiger partial charge in [-0.1, -0.05) is 17.7 Å². The van der Waals surface area contributed by atoms with Crippen LogP contribution < -0.4 is 4.74 Å². The summed E-state index contributed by atoms with van der Waals surface area (Å²) < 4.78 is 18.6. The van der Waals surface area contributed by atoms with Gasteiger partial charge in [0, 0.05) is 5.56 Å². The molecule has 2 aromatic rings. The van der Waals surface area contributed by atoms with E-state index in [4.69, 9.17) is 16.3 Å². The molecule has 18 heavy (non-hydrogen) atoms. The van der Waals surface area contributed by atoms with E-state index in [0.29, 0.717) is 16.9 Å². The van der Waals surface area contributed by atoms with Gasteiger partial charge in [-0.2, -0.15) is 0 Å². The summed E-state index contributed by atoms with van der Waals surface area (Å²) in [5.74, 6) is 0.157. The number of halogens is 2. The molecular formula is C14H10ClFO2. The SMILES string of the molecule is O=Cc1ccc(OCc2ccc(Cl)c(F)c2)cc1. The molecule has 4 heteroatoms. The Labute approximate surface area is 109 Å². The molecule has 0 spiro atoms. The van der Waals surface area contributed by atoms with Crippen LogP contribution in [0.1, 0.15) is 15.9 Å². The maximum Gasteiger partial charge on any atom is 0.150 e. The lowest BCUT2D eigenvalue weighted by Crippen LogP contribution is -1.96. The van der Waals surface area contributed by atoms with Crippen LogP contribution in [0.2, 0.25) is 5.02 Å². The Bertz CT molecular complexity index is 552. The fourth-order valence-corrected chi connectivity index (χ4v) is 1.56. The molecule has 0 saturated carbocycles. The van der Waals surface area contributed by atoms with Gasteiger partial charge < -0.3 is 4.74 Å². The molecular weight excluding hydrogens is 255 g/mol. The maximum absolute atomic E-state index is 13.2. The van der Waals surface area contributed by atoms with Gasteiger partial charge in [0.15, 0.2) is 0 Å². The number of benzene rings is 2. The maximum atomic E-state index is 13.2. The van der Waals surface area contributed by atoms with Crippen molar-refractivity contribution in [3.8, 4) is 5.75 Å². The van der Waals surface area contributed by atoms with Gasteiger partial charge in [0.2, 0.25) is 0 Å². The van der Waals surface area contributed by atoms with Crippen LogP contribution in [0.5, 0.6) is 5.75 Å². The number of hydrogen-bond acceptors (Lipinski definition) is 2. The lowest BCUT2D eigenvalue weighted by atomic mass is 10.2. The zero-order valence-electron chi connectivity index (χ0n) is 9.40. The second kappa shape index (κ2) is 5.65. The fraction of sp³-hybridized carbons (Fsp3) is 0.0714. The molecule has 0 fully saturated rings. The number of carbonyl (C=O) groups is 1. The average molecular weight is 265 g/mol. The molecule has 0 atom stereocenters. The van der Waals surface area contributed by atoms with Gasteiger partial charge in [0.1, 0.15) is 24.5 Å². The summed E-state index contributed by atoms with van der Waals surface area (Å²) in [7, 11) is 0. The Hall–Kier alpha value is -1.87. The highest BCUT2D eigenvalue weighted by Crippen LogP contribution is 2.18. The molecule has 0 aromatic heterocycles. The first-order valence-electron chi connectivity index (χ1n) is 5.31. The summed E-state index contributed by atoms with van der Waals surface area (Å²) in [6.45, 7) is 0.245. The molecule has 0 unspecified atom stereocenters. The van der Waals surface area contributed by atoms with Crippen molar-refractivity contribution in [2.75, 3.05) is 0 Å². The molecule has 0 amide bonds. The van der Waals surface area contributed by atoms with Crippen LogP contribution in [0.25, 0.3) is 0 Å². The van der Waals surface area contributed by atoms with E-state index >= 15 is 0 Å². The second-order valence-electron chi connectivity index (χ2n) is 3.72. The molecule has 0 aliphatic rings. The minimum atomic E-state index is -0.464. The van der Waals surface area contributed by atoms with E-state index < -0.39 is 5.82 Å². The molecule has 0 bridgehead atoms. The van der Waals surface area contributed by atoms with Crippen molar-refractivity contribution < 1.29 is 13.9 Å². The Kier molecular flexibility index (Phi) is 3.95. The predicted octanol–water partition coefficient (Wildman–Crippen LogP) is 3.87. The average Bonchev–Trinajstić information content (AvgIpc) is 2.41. The van der Waals surface area contributed by atoms with E-state index in [1.807, 2.05) is 0 Å². The normalized spacial score (nSPS) is 10.1. The standard InChI is InChI=1S/C14H10ClFO2/c15-13-6-3-11(7-14(13)16)9-18-12-4-1-10(8-17)2-5-12/h1-8H,9H2. The molecule has 2 rings (SSSR count). The topological polar surface area (TPSA) is 26.3 Å². The van der Waals surface area contributed by atoms with Crippen molar-refractivity contribution >= 4 is 17.9 Å². The smallest absolute Gasteiger partial charge is 0.150 e. The molecule has 2 aromatic carbocycles. The molecule has 0 saturated heterocycles. The van der Waals surface area contributed by atoms with E-state index in [2.05, 4.69) is 0 Å². The van der Waals surface area contributed by atoms with Gasteiger partial charge in [0.05, 0.1) is 5.02 Å². The van der Waals surface area contributed by atoms with Crippen molar-refractivity contribution in [1.82, 2.24) is 0 Å². The summed E-state index contributed by atoms with van der Waals surface area (Å²) in [5.41, 5.74) is 1.27. The third kappa shape index (κ3) is 3.08. The first-order chi connectivity index (χ1) is 8.69. The summed E-state index contributed by atoms with van der Waals surface area (Å²) in [4.78, 5) is 10.5. The number of rotatable bonds is 4. The number of carbonyl (C=O) groups excluding carboxylic acids is 1. The Morgan fingerprint density at radius 2 is 1.89 bits per heavy atom. The van der Waals surface area contributed by atoms with Crippen molar-refractivity contribution in [3.63, 3.8) is 0 Å². The lowest BCUT2D eigenvalue weighted by Gasteiger charge is -2.06. The van der Waals surface area contributed by atoms with E-state index in [0.717, 1.165) is 6.29 Å². The van der Waals surface area contributed by atoms with Gasteiger partial charge >= 0.3 is 0 Å². The van der Waals surface area contributed by atoms with Crippen LogP contribution in [0.3, 0.4) is 0 Å². The molecule has 0 N–H and O–H groups in total. The molecule has 0 heterocycles. The van der Waals surface area contributed by atoms with E-state index in [9.17, 15) is 9.18 Å². The van der Waals surface area contributed by atoms with E-state index in [1.165, 1.54) is 12.1 Å². The Morgan fingerprint density at radius 3 is 2.50 bits per heavy atom. The highest BCUT2D eigenvalue weighted by molar-refractivity contribution is 6.30. The molecule has 0 aliphatic heterocycles. The molecule has 92 valence electrons. The van der Waals surface area contributed by atoms with Crippen LogP contribution >= 0.6 is 11.6 Å². The number of hydrogen-bond donors (Lipinski definition) is 0. The summed E-state index contributed by atoms with van der Waals surface area (Å²) in [5, 5.41) is 0.0917. The highest BCUT2D eigenvalue weighted by Gasteiger charge is 2.02. The van der Waals surface area contributed by atoms with Crippen LogP contribution in [-0.4, -0.2) is 6.29 Å². The van der Waals surface area contributed by atoms with Crippen molar-refractivity contribution in [2.45, 2.75) is 6.61 Å². The van der Waals surface area contributed by atoms with Gasteiger partial charge in [-0.15, -0.1) is 0 Å². The minimum absolute atomic E-state index is 0.0917. The number of ether oxygens (including phenoxy) is 1. The van der Waals surface area contributed by atoms with Crippen molar-refractivity contribution in [1.29, 1.82) is 0 Å². The van der Waals surface area contributed by atoms with Gasteiger partial charge in [-0.25, -0.2) is 4.39 Å². The lowest BCUT2D eigenvalue weighted by molar-refractivity contribution is 0.112. The first-order valence-corrected chi connectivity index (χ1v) is 5.69. The fourth-order valence-electron chi connectivity index (χ4n) is 1.44. The molecule has 2 nitrogen and oxygen atoms in total. The second-order valence-corrected chi connectivity index (χ2v) is 4.13. The Morgan fingerprint density at radius 1 is 1.17 bits per heavy atom. The summed E-state index contributed by atoms with van der Waals surface area (Å²) >= 11 is 5.58. The van der Waals surface area contributed by atoms with Crippen LogP contribution in [0, 0.1) is 5.82 Å². The zero-order valence-corrected chi connectivity index (χ0v) is 10.2. The highest BCUT2D eigenvalue weighted by atomic mass is 35.5. The van der Waals surface area contributed by atoms with Crippen molar-refractivity contribution in [3.05, 3.63) is 64.4 Å². The van der Waals surface area contributed by atoms with Gasteiger partial charge in [-0.05, 0) is 42.0 Å². The molecule has 0 aliphatic carbocycles. The van der Waals surface area contributed by atoms with Gasteiger partial charge in [0.25, 0.3) is 0 Å². The minimum Gasteiger partial charge on any atom is -0.489 e. The largest absolute Gasteiger partial charge is 0.489 e. The van der Waals surface area contributed by atoms with E-state index in [1.54, 1.807) is 30.3 Å². The monoisotopic (exact) mass is 264 g/mol. The summed E-state index contributed by atoms with van der Waals surface area (Å²) in [6.07, 6.45) is 0.762. The van der Waals surface area contributed by atoms with Crippen LogP contribution in [0.4, 0.5) is 4.39 Å². The van der Waals surface area contributed by atoms with Crippen LogP contribution in [0.15, 0.2) is 42.5 Å². The zero-order chi connectivity index (χ0) is 13.0. The Balaban J connectivity index is 2.01. The predicted molar refractivity (Wildman–Crippen MR) is 67.6 cm³/mol. The van der Waals surface area contributed by atoms with Gasteiger partial charge in [-0.3, -0.25) is 4.79 Å². The third-order valence-electron chi connectivity index (χ3n) is 2.41. The summed E-state index contributed by atoms with van der Waals surface area (Å²) in [6, 6.07) is 11.2. The quantitative estimate of drug-likeness (QED) is 0.784. The van der Waals surface area contributed by atoms with Crippen molar-refractivity contribution in [2.24, 2.45) is 0 Å². The van der Waals surface area contributed by atoms with Crippen LogP contribution in [-0.2, 0) is 6.61 Å². The number of aldehydes is 1. The first kappa shape index (κ1) is 12.6. The molecule has 0 radical (unpaired) electrons.